The summed E-state index contributed by atoms with van der Waals surface area (Å²) in [5, 5.41) is 2.70. The van der Waals surface area contributed by atoms with E-state index < -0.39 is 0 Å². The van der Waals surface area contributed by atoms with Crippen LogP contribution in [0, 0.1) is 6.08 Å². The van der Waals surface area contributed by atoms with Crippen molar-refractivity contribution in [1.29, 1.82) is 0 Å². The third kappa shape index (κ3) is 6.23. The summed E-state index contributed by atoms with van der Waals surface area (Å²) in [4.78, 5) is 10.6. The van der Waals surface area contributed by atoms with Crippen LogP contribution in [0.25, 0.3) is 0 Å². The van der Waals surface area contributed by atoms with E-state index in [0.29, 0.717) is 0 Å². The first kappa shape index (κ1) is 11.5. The summed E-state index contributed by atoms with van der Waals surface area (Å²) in [7, 11) is 0. The van der Waals surface area contributed by atoms with Crippen LogP contribution >= 0.6 is 0 Å². The van der Waals surface area contributed by atoms with E-state index in [1.807, 2.05) is 23.5 Å². The first-order chi connectivity index (χ1) is 5.70. The summed E-state index contributed by atoms with van der Waals surface area (Å²) in [6.45, 7) is 3.52. The molecule has 0 fully saturated rings. The van der Waals surface area contributed by atoms with Gasteiger partial charge >= 0.3 is 84.0 Å². The number of carbonyl (C=O) groups excluding carboxylic acids is 1. The molecule has 1 amide bonds. The summed E-state index contributed by atoms with van der Waals surface area (Å²) in [5.41, 5.74) is 0.846. The molecule has 1 N–H and O–H groups in total. The Morgan fingerprint density at radius 3 is 2.75 bits per heavy atom. The molecule has 0 heterocycles. The maximum absolute atomic E-state index is 10.6. The number of hydrogen-bond acceptors (Lipinski definition) is 1. The van der Waals surface area contributed by atoms with E-state index in [1.165, 1.54) is 26.3 Å². The van der Waals surface area contributed by atoms with Gasteiger partial charge in [0.2, 0.25) is 0 Å². The Morgan fingerprint density at radius 1 is 1.67 bits per heavy atom. The van der Waals surface area contributed by atoms with Crippen LogP contribution in [-0.2, 0) is 24.1 Å². The van der Waals surface area contributed by atoms with Crippen molar-refractivity contribution in [3.8, 4) is 0 Å². The molecule has 0 aliphatic carbocycles. The van der Waals surface area contributed by atoms with Crippen LogP contribution in [0.1, 0.15) is 20.3 Å². The van der Waals surface area contributed by atoms with Gasteiger partial charge in [-0.1, -0.05) is 0 Å². The van der Waals surface area contributed by atoms with Crippen LogP contribution in [0.15, 0.2) is 17.8 Å². The average Bonchev–Trinajstić information content (AvgIpc) is 2.02. The van der Waals surface area contributed by atoms with Gasteiger partial charge in [-0.05, 0) is 0 Å². The quantitative estimate of drug-likeness (QED) is 0.606. The van der Waals surface area contributed by atoms with Crippen LogP contribution < -0.4 is 5.32 Å². The van der Waals surface area contributed by atoms with Gasteiger partial charge < -0.3 is 0 Å². The van der Waals surface area contributed by atoms with Gasteiger partial charge in [0.1, 0.15) is 0 Å². The van der Waals surface area contributed by atoms with Crippen molar-refractivity contribution >= 4 is 10.3 Å². The second kappa shape index (κ2) is 7.17. The van der Waals surface area contributed by atoms with E-state index >= 15 is 0 Å². The molecule has 12 heavy (non-hydrogen) atoms. The second-order valence-corrected chi connectivity index (χ2v) is 2.99. The maximum atomic E-state index is 10.6. The molecule has 0 aromatic rings. The first-order valence-electron chi connectivity index (χ1n) is 3.70. The van der Waals surface area contributed by atoms with E-state index in [-0.39, 0.29) is 5.91 Å². The van der Waals surface area contributed by atoms with Crippen molar-refractivity contribution < 1.29 is 24.1 Å². The molecular formula is C9H12NOW-. The average molecular weight is 334 g/mol. The van der Waals surface area contributed by atoms with E-state index in [0.717, 1.165) is 12.1 Å². The van der Waals surface area contributed by atoms with Crippen LogP contribution in [0.5, 0.6) is 0 Å². The zero-order chi connectivity index (χ0) is 9.40. The molecule has 0 radical (unpaired) electrons. The normalized spacial score (nSPS) is 11.7. The Balaban J connectivity index is 4.13. The van der Waals surface area contributed by atoms with Gasteiger partial charge in [0, 0.05) is 0 Å². The summed E-state index contributed by atoms with van der Waals surface area (Å²) in [6.07, 6.45) is 7.58. The minimum absolute atomic E-state index is 0.0383. The van der Waals surface area contributed by atoms with E-state index in [2.05, 4.69) is 11.4 Å². The van der Waals surface area contributed by atoms with Crippen LogP contribution in [0.2, 0.25) is 0 Å². The van der Waals surface area contributed by atoms with Gasteiger partial charge in [-0.2, -0.15) is 0 Å². The van der Waals surface area contributed by atoms with Gasteiger partial charge in [-0.25, -0.2) is 0 Å². The Morgan fingerprint density at radius 2 is 2.33 bits per heavy atom. The minimum atomic E-state index is -0.0383. The molecule has 0 saturated heterocycles. The SMILES string of the molecule is CC[C-]=C/C=C(\[CH]=[W])NC(C)=O. The fourth-order valence-electron chi connectivity index (χ4n) is 0.580. The van der Waals surface area contributed by atoms with E-state index in [4.69, 9.17) is 0 Å². The molecule has 0 aromatic heterocycles. The molecule has 2 nitrogen and oxygen atoms in total. The molecule has 0 aliphatic rings. The van der Waals surface area contributed by atoms with E-state index in [9.17, 15) is 4.79 Å². The number of nitrogens with one attached hydrogen (secondary N) is 1. The predicted octanol–water partition coefficient (Wildman–Crippen LogP) is 1.12. The van der Waals surface area contributed by atoms with Crippen molar-refractivity contribution in [3.05, 3.63) is 23.9 Å². The fraction of sp³-hybridized carbons (Fsp3) is 0.333. The van der Waals surface area contributed by atoms with Crippen LogP contribution in [-0.4, -0.2) is 10.3 Å². The number of amides is 1. The number of hydrogen-bond donors (Lipinski definition) is 1. The molecule has 0 spiro atoms. The van der Waals surface area contributed by atoms with Crippen molar-refractivity contribution in [2.75, 3.05) is 0 Å². The molecule has 66 valence electrons. The van der Waals surface area contributed by atoms with Gasteiger partial charge in [-0.3, -0.25) is 0 Å². The summed E-state index contributed by atoms with van der Waals surface area (Å²) in [6, 6.07) is 0. The Kier molecular flexibility index (Phi) is 6.88. The Bertz CT molecular complexity index is 219. The molecule has 0 bridgehead atoms. The molecule has 0 aromatic carbocycles. The van der Waals surface area contributed by atoms with Crippen molar-refractivity contribution in [2.24, 2.45) is 0 Å². The number of rotatable bonds is 4. The van der Waals surface area contributed by atoms with Crippen LogP contribution in [0.4, 0.5) is 0 Å². The van der Waals surface area contributed by atoms with Crippen LogP contribution in [0.3, 0.4) is 0 Å². The molecule has 3 heteroatoms. The fourth-order valence-corrected chi connectivity index (χ4v) is 1.07. The van der Waals surface area contributed by atoms with Crippen molar-refractivity contribution in [3.63, 3.8) is 0 Å². The standard InChI is InChI=1S/C9H12NO.W/c1-4-5-6-7-8(2)10-9(3)11;/h2,6-7H,4H2,1,3H3,(H,10,11);/q-1;/b8-7+;. The molecule has 0 saturated carbocycles. The zero-order valence-electron chi connectivity index (χ0n) is 7.26. The Hall–Kier alpha value is -0.492. The monoisotopic (exact) mass is 334 g/mol. The van der Waals surface area contributed by atoms with E-state index in [1.54, 1.807) is 0 Å². The van der Waals surface area contributed by atoms with Gasteiger partial charge in [-0.15, -0.1) is 0 Å². The van der Waals surface area contributed by atoms with Gasteiger partial charge in [0.15, 0.2) is 0 Å². The Labute approximate surface area is 84.1 Å². The summed E-state index contributed by atoms with van der Waals surface area (Å²) >= 11 is 1.31. The number of allylic oxidation sites excluding steroid dienone is 4. The third-order valence-corrected chi connectivity index (χ3v) is 1.94. The van der Waals surface area contributed by atoms with Gasteiger partial charge in [0.25, 0.3) is 0 Å². The number of carbonyl (C=O) groups is 1. The van der Waals surface area contributed by atoms with Crippen molar-refractivity contribution in [1.82, 2.24) is 5.32 Å². The van der Waals surface area contributed by atoms with Crippen molar-refractivity contribution in [2.45, 2.75) is 20.3 Å². The summed E-state index contributed by atoms with van der Waals surface area (Å²) in [5.74, 6) is -0.0383. The topological polar surface area (TPSA) is 29.1 Å². The summed E-state index contributed by atoms with van der Waals surface area (Å²) < 4.78 is 1.93. The third-order valence-electron chi connectivity index (χ3n) is 1.03. The predicted molar refractivity (Wildman–Crippen MR) is 46.1 cm³/mol. The molecule has 0 aliphatic heterocycles. The van der Waals surface area contributed by atoms with Gasteiger partial charge in [0.05, 0.1) is 0 Å². The molecule has 0 rings (SSSR count). The molecule has 0 atom stereocenters. The zero-order valence-corrected chi connectivity index (χ0v) is 10.2. The second-order valence-electron chi connectivity index (χ2n) is 2.15. The molecular weight excluding hydrogens is 322 g/mol. The molecule has 0 unspecified atom stereocenters. The first-order valence-corrected chi connectivity index (χ1v) is 5.39.